The van der Waals surface area contributed by atoms with Crippen LogP contribution in [0.4, 0.5) is 10.1 Å². The first-order valence-electron chi connectivity index (χ1n) is 10.3. The van der Waals surface area contributed by atoms with Crippen LogP contribution in [0, 0.1) is 11.7 Å². The molecule has 0 aliphatic carbocycles. The van der Waals surface area contributed by atoms with Gasteiger partial charge in [-0.2, -0.15) is 0 Å². The van der Waals surface area contributed by atoms with Crippen molar-refractivity contribution in [3.05, 3.63) is 59.9 Å². The van der Waals surface area contributed by atoms with Gasteiger partial charge in [0.15, 0.2) is 0 Å². The van der Waals surface area contributed by atoms with Gasteiger partial charge in [0.25, 0.3) is 10.0 Å². The number of rotatable bonds is 4. The topological polar surface area (TPSA) is 82.1 Å². The molecule has 0 spiro atoms. The minimum absolute atomic E-state index is 0.104. The Morgan fingerprint density at radius 3 is 2.32 bits per heavy atom. The van der Waals surface area contributed by atoms with Crippen molar-refractivity contribution in [2.75, 3.05) is 31.1 Å². The third kappa shape index (κ3) is 4.27. The summed E-state index contributed by atoms with van der Waals surface area (Å²) in [4.78, 5) is 21.9. The molecule has 1 saturated heterocycles. The van der Waals surface area contributed by atoms with E-state index in [0.29, 0.717) is 31.7 Å². The van der Waals surface area contributed by atoms with Crippen LogP contribution in [0.15, 0.2) is 58.4 Å². The second-order valence-corrected chi connectivity index (χ2v) is 9.71. The molecule has 2 heterocycles. The third-order valence-corrected chi connectivity index (χ3v) is 7.00. The van der Waals surface area contributed by atoms with E-state index in [1.807, 2.05) is 13.8 Å². The van der Waals surface area contributed by atoms with Gasteiger partial charge in [0.05, 0.1) is 4.90 Å². The van der Waals surface area contributed by atoms with Crippen LogP contribution in [-0.2, 0) is 14.8 Å². The number of carbonyl (C=O) groups is 1. The van der Waals surface area contributed by atoms with Crippen LogP contribution >= 0.6 is 0 Å². The van der Waals surface area contributed by atoms with Gasteiger partial charge in [0, 0.05) is 37.4 Å². The van der Waals surface area contributed by atoms with E-state index in [2.05, 4.69) is 14.6 Å². The van der Waals surface area contributed by atoms with Crippen LogP contribution in [0.2, 0.25) is 0 Å². The van der Waals surface area contributed by atoms with E-state index in [0.717, 1.165) is 5.69 Å². The van der Waals surface area contributed by atoms with Crippen molar-refractivity contribution in [3.8, 4) is 0 Å². The molecule has 0 radical (unpaired) electrons. The lowest BCUT2D eigenvalue weighted by Gasteiger charge is -2.37. The van der Waals surface area contributed by atoms with Crippen molar-refractivity contribution in [1.82, 2.24) is 9.62 Å². The van der Waals surface area contributed by atoms with Crippen LogP contribution in [0.1, 0.15) is 19.4 Å². The van der Waals surface area contributed by atoms with E-state index in [1.54, 1.807) is 35.2 Å². The highest BCUT2D eigenvalue weighted by atomic mass is 32.2. The van der Waals surface area contributed by atoms with Crippen molar-refractivity contribution in [2.24, 2.45) is 10.9 Å². The summed E-state index contributed by atoms with van der Waals surface area (Å²) in [6, 6.07) is 12.3. The Bertz CT molecular complexity index is 1110. The number of sulfonamides is 1. The first-order chi connectivity index (χ1) is 14.8. The predicted octanol–water partition coefficient (Wildman–Crippen LogP) is 2.24. The van der Waals surface area contributed by atoms with Gasteiger partial charge in [-0.05, 0) is 42.3 Å². The quantitative estimate of drug-likeness (QED) is 0.784. The van der Waals surface area contributed by atoms with Crippen LogP contribution in [0.25, 0.3) is 0 Å². The first-order valence-corrected chi connectivity index (χ1v) is 11.7. The van der Waals surface area contributed by atoms with Crippen molar-refractivity contribution in [3.63, 3.8) is 0 Å². The highest BCUT2D eigenvalue weighted by Gasteiger charge is 2.34. The number of amidine groups is 1. The molecule has 9 heteroatoms. The average molecular weight is 445 g/mol. The fraction of sp³-hybridized carbons (Fsp3) is 0.364. The standard InChI is InChI=1S/C22H25FN4O3S/c1-15(2)20(24-21-18-5-3-4-6-19(18)31(29,30)25-21)22(28)27-13-11-26(12-14-27)17-9-7-16(23)8-10-17/h3-10,15,20H,11-14H2,1-2H3,(H,24,25)/t20-/m0/s1. The molecule has 2 aromatic carbocycles. The van der Waals surface area contributed by atoms with Gasteiger partial charge in [-0.15, -0.1) is 0 Å². The zero-order valence-corrected chi connectivity index (χ0v) is 18.3. The van der Waals surface area contributed by atoms with Crippen molar-refractivity contribution in [1.29, 1.82) is 0 Å². The highest BCUT2D eigenvalue weighted by Crippen LogP contribution is 2.24. The molecule has 2 aliphatic heterocycles. The average Bonchev–Trinajstić information content (AvgIpc) is 3.02. The molecular formula is C22H25FN4O3S. The lowest BCUT2D eigenvalue weighted by atomic mass is 10.0. The smallest absolute Gasteiger partial charge is 0.263 e. The van der Waals surface area contributed by atoms with E-state index in [1.165, 1.54) is 18.2 Å². The Labute approximate surface area is 181 Å². The maximum absolute atomic E-state index is 13.3. The summed E-state index contributed by atoms with van der Waals surface area (Å²) in [7, 11) is -3.66. The van der Waals surface area contributed by atoms with Gasteiger partial charge in [-0.3, -0.25) is 14.5 Å². The molecule has 1 atom stereocenters. The van der Waals surface area contributed by atoms with Gasteiger partial charge in [0.2, 0.25) is 5.91 Å². The maximum Gasteiger partial charge on any atom is 0.263 e. The molecule has 2 aromatic rings. The minimum Gasteiger partial charge on any atom is -0.368 e. The second kappa shape index (κ2) is 8.30. The lowest BCUT2D eigenvalue weighted by Crippen LogP contribution is -2.52. The fourth-order valence-corrected chi connectivity index (χ4v) is 5.12. The molecule has 0 aromatic heterocycles. The van der Waals surface area contributed by atoms with Gasteiger partial charge in [-0.1, -0.05) is 26.0 Å². The van der Waals surface area contributed by atoms with Gasteiger partial charge in [0.1, 0.15) is 17.7 Å². The summed E-state index contributed by atoms with van der Waals surface area (Å²) in [5.41, 5.74) is 1.41. The summed E-state index contributed by atoms with van der Waals surface area (Å²) in [6.45, 7) is 6.11. The number of halogens is 1. The molecular weight excluding hydrogens is 419 g/mol. The first kappa shape index (κ1) is 21.3. The van der Waals surface area contributed by atoms with Crippen LogP contribution in [0.5, 0.6) is 0 Å². The number of hydrogen-bond acceptors (Lipinski definition) is 5. The Kier molecular flexibility index (Phi) is 5.70. The summed E-state index contributed by atoms with van der Waals surface area (Å²) in [5, 5.41) is 0. The Hall–Kier alpha value is -2.94. The third-order valence-electron chi connectivity index (χ3n) is 5.60. The molecule has 0 saturated carbocycles. The zero-order chi connectivity index (χ0) is 22.2. The van der Waals surface area contributed by atoms with Gasteiger partial charge >= 0.3 is 0 Å². The number of carbonyl (C=O) groups excluding carboxylic acids is 1. The van der Waals surface area contributed by atoms with Crippen molar-refractivity contribution < 1.29 is 17.6 Å². The number of hydrogen-bond donors (Lipinski definition) is 1. The number of anilines is 1. The van der Waals surface area contributed by atoms with Gasteiger partial charge in [-0.25, -0.2) is 12.8 Å². The number of piperazine rings is 1. The number of nitrogens with zero attached hydrogens (tertiary/aromatic N) is 3. The largest absolute Gasteiger partial charge is 0.368 e. The fourth-order valence-electron chi connectivity index (χ4n) is 3.88. The Morgan fingerprint density at radius 1 is 1.03 bits per heavy atom. The monoisotopic (exact) mass is 444 g/mol. The molecule has 0 bridgehead atoms. The molecule has 2 aliphatic rings. The van der Waals surface area contributed by atoms with E-state index in [-0.39, 0.29) is 28.4 Å². The number of fused-ring (bicyclic) bond motifs is 1. The second-order valence-electron chi connectivity index (χ2n) is 8.06. The maximum atomic E-state index is 13.3. The molecule has 31 heavy (non-hydrogen) atoms. The minimum atomic E-state index is -3.66. The molecule has 164 valence electrons. The highest BCUT2D eigenvalue weighted by molar-refractivity contribution is 7.90. The predicted molar refractivity (Wildman–Crippen MR) is 117 cm³/mol. The van der Waals surface area contributed by atoms with E-state index >= 15 is 0 Å². The van der Waals surface area contributed by atoms with E-state index in [4.69, 9.17) is 0 Å². The van der Waals surface area contributed by atoms with E-state index < -0.39 is 16.1 Å². The molecule has 7 nitrogen and oxygen atoms in total. The molecule has 1 N–H and O–H groups in total. The SMILES string of the molecule is CC(C)[C@H](N=C1NS(=O)(=O)c2ccccc21)C(=O)N1CCN(c2ccc(F)cc2)CC1. The molecule has 1 fully saturated rings. The molecule has 4 rings (SSSR count). The van der Waals surface area contributed by atoms with Crippen LogP contribution < -0.4 is 9.62 Å². The van der Waals surface area contributed by atoms with E-state index in [9.17, 15) is 17.6 Å². The van der Waals surface area contributed by atoms with Crippen LogP contribution in [0.3, 0.4) is 0 Å². The molecule has 0 unspecified atom stereocenters. The number of nitrogens with one attached hydrogen (secondary N) is 1. The number of aliphatic imine (C=N–C) groups is 1. The number of amides is 1. The summed E-state index contributed by atoms with van der Waals surface area (Å²) < 4.78 is 40.4. The summed E-state index contributed by atoms with van der Waals surface area (Å²) in [5.74, 6) is -0.287. The number of benzene rings is 2. The van der Waals surface area contributed by atoms with Crippen molar-refractivity contribution >= 4 is 27.5 Å². The van der Waals surface area contributed by atoms with Crippen LogP contribution in [-0.4, -0.2) is 57.3 Å². The molecule has 1 amide bonds. The lowest BCUT2D eigenvalue weighted by molar-refractivity contribution is -0.133. The Morgan fingerprint density at radius 2 is 1.68 bits per heavy atom. The zero-order valence-electron chi connectivity index (χ0n) is 17.5. The summed E-state index contributed by atoms with van der Waals surface area (Å²) >= 11 is 0. The summed E-state index contributed by atoms with van der Waals surface area (Å²) in [6.07, 6.45) is 0. The van der Waals surface area contributed by atoms with Gasteiger partial charge < -0.3 is 9.80 Å². The Balaban J connectivity index is 1.50. The normalized spacial score (nSPS) is 19.9. The van der Waals surface area contributed by atoms with Crippen molar-refractivity contribution in [2.45, 2.75) is 24.8 Å².